The lowest BCUT2D eigenvalue weighted by Gasteiger charge is -2.18. The molecule has 0 aliphatic heterocycles. The predicted molar refractivity (Wildman–Crippen MR) is 89.7 cm³/mol. The van der Waals surface area contributed by atoms with Crippen molar-refractivity contribution in [2.24, 2.45) is 0 Å². The third-order valence-electron chi connectivity index (χ3n) is 3.53. The molecular formula is C17H17F2NO4S. The molecule has 0 spiro atoms. The van der Waals surface area contributed by atoms with E-state index in [0.717, 1.165) is 6.26 Å². The van der Waals surface area contributed by atoms with Gasteiger partial charge in [0.05, 0.1) is 11.3 Å². The molecule has 25 heavy (non-hydrogen) atoms. The molecule has 2 aromatic carbocycles. The van der Waals surface area contributed by atoms with Crippen LogP contribution in [-0.2, 0) is 21.1 Å². The smallest absolute Gasteiger partial charge is 0.387 e. The maximum absolute atomic E-state index is 12.3. The molecule has 0 saturated heterocycles. The van der Waals surface area contributed by atoms with E-state index in [9.17, 15) is 22.0 Å². The van der Waals surface area contributed by atoms with Gasteiger partial charge in [-0.1, -0.05) is 12.1 Å². The van der Waals surface area contributed by atoms with Crippen LogP contribution in [0.1, 0.15) is 5.56 Å². The fraction of sp³-hybridized carbons (Fsp3) is 0.235. The monoisotopic (exact) mass is 369 g/mol. The molecule has 0 aliphatic carbocycles. The molecule has 0 N–H and O–H groups in total. The van der Waals surface area contributed by atoms with Crippen molar-refractivity contribution in [1.82, 2.24) is 0 Å². The second-order valence-electron chi connectivity index (χ2n) is 5.42. The first kappa shape index (κ1) is 18.9. The molecule has 5 nitrogen and oxygen atoms in total. The normalized spacial score (nSPS) is 11.4. The number of hydrogen-bond acceptors (Lipinski definition) is 4. The van der Waals surface area contributed by atoms with E-state index in [-0.39, 0.29) is 23.0 Å². The second-order valence-corrected chi connectivity index (χ2v) is 7.43. The van der Waals surface area contributed by atoms with Crippen LogP contribution in [-0.4, -0.2) is 34.2 Å². The Bertz CT molecular complexity index is 834. The Labute approximate surface area is 144 Å². The van der Waals surface area contributed by atoms with Crippen LogP contribution < -0.4 is 9.64 Å². The standard InChI is InChI=1S/C17H17F2NO4S/c1-20(13-5-9-15(10-6-13)25(2,22)23)16(21)11-12-3-7-14(8-4-12)24-17(18)19/h3-10,17H,11H2,1-2H3. The zero-order valence-corrected chi connectivity index (χ0v) is 14.5. The minimum atomic E-state index is -3.30. The van der Waals surface area contributed by atoms with Gasteiger partial charge in [0, 0.05) is 19.0 Å². The molecule has 0 aliphatic rings. The molecule has 0 unspecified atom stereocenters. The van der Waals surface area contributed by atoms with E-state index >= 15 is 0 Å². The number of likely N-dealkylation sites (N-methyl/N-ethyl adjacent to an activating group) is 1. The van der Waals surface area contributed by atoms with Crippen molar-refractivity contribution >= 4 is 21.4 Å². The maximum atomic E-state index is 12.3. The summed E-state index contributed by atoms with van der Waals surface area (Å²) in [5.41, 5.74) is 1.20. The zero-order valence-electron chi connectivity index (χ0n) is 13.6. The number of nitrogens with zero attached hydrogens (tertiary/aromatic N) is 1. The van der Waals surface area contributed by atoms with Crippen LogP contribution in [0.5, 0.6) is 5.75 Å². The molecule has 2 aromatic rings. The fourth-order valence-corrected chi connectivity index (χ4v) is 2.77. The van der Waals surface area contributed by atoms with Crippen LogP contribution in [0.15, 0.2) is 53.4 Å². The van der Waals surface area contributed by atoms with Gasteiger partial charge >= 0.3 is 6.61 Å². The molecular weight excluding hydrogens is 352 g/mol. The first-order valence-corrected chi connectivity index (χ1v) is 9.16. The fourth-order valence-electron chi connectivity index (χ4n) is 2.14. The molecule has 2 rings (SSSR count). The summed E-state index contributed by atoms with van der Waals surface area (Å²) < 4.78 is 51.4. The number of rotatable bonds is 6. The van der Waals surface area contributed by atoms with Gasteiger partial charge in [-0.2, -0.15) is 8.78 Å². The summed E-state index contributed by atoms with van der Waals surface area (Å²) in [6.45, 7) is -2.89. The third-order valence-corrected chi connectivity index (χ3v) is 4.66. The molecule has 134 valence electrons. The molecule has 1 amide bonds. The van der Waals surface area contributed by atoms with Crippen LogP contribution in [0.25, 0.3) is 0 Å². The summed E-state index contributed by atoms with van der Waals surface area (Å²) in [6, 6.07) is 11.8. The number of hydrogen-bond donors (Lipinski definition) is 0. The summed E-state index contributed by atoms with van der Waals surface area (Å²) in [7, 11) is -1.72. The molecule has 0 atom stereocenters. The highest BCUT2D eigenvalue weighted by molar-refractivity contribution is 7.90. The van der Waals surface area contributed by atoms with Gasteiger partial charge in [0.2, 0.25) is 5.91 Å². The zero-order chi connectivity index (χ0) is 18.6. The lowest BCUT2D eigenvalue weighted by atomic mass is 10.1. The lowest BCUT2D eigenvalue weighted by Crippen LogP contribution is -2.27. The lowest BCUT2D eigenvalue weighted by molar-refractivity contribution is -0.117. The average molecular weight is 369 g/mol. The summed E-state index contributed by atoms with van der Waals surface area (Å²) in [6.07, 6.45) is 1.18. The number of amides is 1. The van der Waals surface area contributed by atoms with E-state index in [1.165, 1.54) is 41.3 Å². The van der Waals surface area contributed by atoms with Crippen LogP contribution >= 0.6 is 0 Å². The first-order valence-electron chi connectivity index (χ1n) is 7.27. The average Bonchev–Trinajstić information content (AvgIpc) is 2.55. The molecule has 0 aromatic heterocycles. The van der Waals surface area contributed by atoms with Gasteiger partial charge in [0.1, 0.15) is 5.75 Å². The molecule has 0 saturated carbocycles. The Kier molecular flexibility index (Phi) is 5.73. The summed E-state index contributed by atoms with van der Waals surface area (Å²) in [4.78, 5) is 13.9. The van der Waals surface area contributed by atoms with Crippen LogP contribution in [0, 0.1) is 0 Å². The van der Waals surface area contributed by atoms with Crippen LogP contribution in [0.2, 0.25) is 0 Å². The largest absolute Gasteiger partial charge is 0.435 e. The summed E-state index contributed by atoms with van der Waals surface area (Å²) in [5.74, 6) is -0.203. The summed E-state index contributed by atoms with van der Waals surface area (Å²) in [5, 5.41) is 0. The van der Waals surface area contributed by atoms with Crippen molar-refractivity contribution in [3.63, 3.8) is 0 Å². The number of benzene rings is 2. The van der Waals surface area contributed by atoms with Crippen molar-refractivity contribution in [1.29, 1.82) is 0 Å². The number of halogens is 2. The van der Waals surface area contributed by atoms with Crippen molar-refractivity contribution in [3.8, 4) is 5.75 Å². The molecule has 0 heterocycles. The Morgan fingerprint density at radius 1 is 1.08 bits per heavy atom. The topological polar surface area (TPSA) is 63.7 Å². The number of carbonyl (C=O) groups is 1. The predicted octanol–water partition coefficient (Wildman–Crippen LogP) is 2.90. The number of carbonyl (C=O) groups excluding carboxylic acids is 1. The molecule has 0 bridgehead atoms. The van der Waals surface area contributed by atoms with Gasteiger partial charge < -0.3 is 9.64 Å². The Balaban J connectivity index is 2.04. The van der Waals surface area contributed by atoms with E-state index in [1.807, 2.05) is 0 Å². The van der Waals surface area contributed by atoms with Gasteiger partial charge in [-0.25, -0.2) is 8.42 Å². The van der Waals surface area contributed by atoms with Gasteiger partial charge in [0.15, 0.2) is 9.84 Å². The number of anilines is 1. The Hall–Kier alpha value is -2.48. The van der Waals surface area contributed by atoms with Gasteiger partial charge in [-0.3, -0.25) is 4.79 Å². The van der Waals surface area contributed by atoms with E-state index in [2.05, 4.69) is 4.74 Å². The van der Waals surface area contributed by atoms with E-state index in [0.29, 0.717) is 11.3 Å². The maximum Gasteiger partial charge on any atom is 0.387 e. The third kappa shape index (κ3) is 5.25. The van der Waals surface area contributed by atoms with Crippen molar-refractivity contribution < 1.29 is 26.7 Å². The number of alkyl halides is 2. The van der Waals surface area contributed by atoms with Crippen LogP contribution in [0.4, 0.5) is 14.5 Å². The minimum Gasteiger partial charge on any atom is -0.435 e. The highest BCUT2D eigenvalue weighted by Gasteiger charge is 2.14. The van der Waals surface area contributed by atoms with Gasteiger partial charge in [-0.05, 0) is 42.0 Å². The quantitative estimate of drug-likeness (QED) is 0.785. The Morgan fingerprint density at radius 3 is 2.12 bits per heavy atom. The number of ether oxygens (including phenoxy) is 1. The van der Waals surface area contributed by atoms with Crippen molar-refractivity contribution in [2.45, 2.75) is 17.9 Å². The van der Waals surface area contributed by atoms with Crippen LogP contribution in [0.3, 0.4) is 0 Å². The molecule has 0 fully saturated rings. The van der Waals surface area contributed by atoms with Crippen molar-refractivity contribution in [2.75, 3.05) is 18.2 Å². The number of sulfone groups is 1. The van der Waals surface area contributed by atoms with E-state index in [4.69, 9.17) is 0 Å². The summed E-state index contributed by atoms with van der Waals surface area (Å²) >= 11 is 0. The van der Waals surface area contributed by atoms with Gasteiger partial charge in [0.25, 0.3) is 0 Å². The first-order chi connectivity index (χ1) is 11.7. The van der Waals surface area contributed by atoms with E-state index in [1.54, 1.807) is 19.2 Å². The minimum absolute atomic E-state index is 0.0240. The molecule has 8 heteroatoms. The second kappa shape index (κ2) is 7.60. The highest BCUT2D eigenvalue weighted by Crippen LogP contribution is 2.19. The van der Waals surface area contributed by atoms with Crippen molar-refractivity contribution in [3.05, 3.63) is 54.1 Å². The highest BCUT2D eigenvalue weighted by atomic mass is 32.2. The Morgan fingerprint density at radius 2 is 1.64 bits per heavy atom. The van der Waals surface area contributed by atoms with E-state index < -0.39 is 16.4 Å². The molecule has 0 radical (unpaired) electrons. The SMILES string of the molecule is CN(C(=O)Cc1ccc(OC(F)F)cc1)c1ccc(S(C)(=O)=O)cc1. The van der Waals surface area contributed by atoms with Gasteiger partial charge in [-0.15, -0.1) is 0 Å².